The molecule has 2 aromatic heterocycles. The van der Waals surface area contributed by atoms with Crippen molar-refractivity contribution in [1.82, 2.24) is 24.2 Å². The molecular weight excluding hydrogens is 410 g/mol. The van der Waals surface area contributed by atoms with E-state index in [2.05, 4.69) is 32.8 Å². The molecule has 4 rings (SSSR count). The molecule has 0 fully saturated rings. The van der Waals surface area contributed by atoms with Crippen LogP contribution in [0.2, 0.25) is 0 Å². The molecular formula is C23H29N5O2S. The molecule has 1 amide bonds. The van der Waals surface area contributed by atoms with Crippen LogP contribution < -0.4 is 5.56 Å². The van der Waals surface area contributed by atoms with Crippen molar-refractivity contribution in [3.05, 3.63) is 46.9 Å². The Morgan fingerprint density at radius 3 is 2.48 bits per heavy atom. The van der Waals surface area contributed by atoms with E-state index in [9.17, 15) is 9.59 Å². The van der Waals surface area contributed by atoms with Crippen LogP contribution in [0.1, 0.15) is 40.2 Å². The fraction of sp³-hybridized carbons (Fsp3) is 0.478. The molecule has 0 aliphatic carbocycles. The van der Waals surface area contributed by atoms with Crippen LogP contribution in [0.3, 0.4) is 0 Å². The number of carbonyl (C=O) groups is 1. The van der Waals surface area contributed by atoms with Crippen molar-refractivity contribution < 1.29 is 4.79 Å². The molecule has 31 heavy (non-hydrogen) atoms. The van der Waals surface area contributed by atoms with Gasteiger partial charge in [-0.25, -0.2) is 9.67 Å². The van der Waals surface area contributed by atoms with E-state index in [0.29, 0.717) is 40.2 Å². The predicted octanol–water partition coefficient (Wildman–Crippen LogP) is 3.76. The van der Waals surface area contributed by atoms with Crippen molar-refractivity contribution in [2.75, 3.05) is 18.8 Å². The van der Waals surface area contributed by atoms with E-state index in [4.69, 9.17) is 4.98 Å². The first-order valence-electron chi connectivity index (χ1n) is 10.8. The maximum absolute atomic E-state index is 13.3. The van der Waals surface area contributed by atoms with Gasteiger partial charge in [0.25, 0.3) is 5.56 Å². The van der Waals surface area contributed by atoms with E-state index in [0.717, 1.165) is 18.8 Å². The molecule has 0 spiro atoms. The number of rotatable bonds is 7. The third-order valence-electron chi connectivity index (χ3n) is 5.31. The molecule has 0 bridgehead atoms. The van der Waals surface area contributed by atoms with Crippen molar-refractivity contribution in [3.63, 3.8) is 0 Å². The topological polar surface area (TPSA) is 73.0 Å². The molecule has 0 saturated carbocycles. The van der Waals surface area contributed by atoms with Crippen LogP contribution in [0, 0.1) is 11.8 Å². The number of amides is 1. The average Bonchev–Trinajstić information content (AvgIpc) is 3.32. The number of fused-ring (bicyclic) bond motifs is 2. The Kier molecular flexibility index (Phi) is 6.18. The van der Waals surface area contributed by atoms with Crippen molar-refractivity contribution in [2.24, 2.45) is 11.8 Å². The third kappa shape index (κ3) is 4.39. The lowest BCUT2D eigenvalue weighted by Crippen LogP contribution is -2.39. The normalized spacial score (nSPS) is 15.7. The van der Waals surface area contributed by atoms with Gasteiger partial charge >= 0.3 is 0 Å². The van der Waals surface area contributed by atoms with Crippen LogP contribution >= 0.6 is 11.8 Å². The Hall–Kier alpha value is -2.61. The van der Waals surface area contributed by atoms with Crippen LogP contribution in [0.25, 0.3) is 16.7 Å². The van der Waals surface area contributed by atoms with Crippen LogP contribution in [-0.2, 0) is 4.79 Å². The molecule has 164 valence electrons. The zero-order chi connectivity index (χ0) is 22.1. The number of nitrogens with zero attached hydrogens (tertiary/aromatic N) is 5. The zero-order valence-electron chi connectivity index (χ0n) is 18.5. The Labute approximate surface area is 186 Å². The Balaban J connectivity index is 1.64. The van der Waals surface area contributed by atoms with Gasteiger partial charge in [0.05, 0.1) is 17.9 Å². The molecule has 8 heteroatoms. The number of benzene rings is 1. The Bertz CT molecular complexity index is 1130. The SMILES string of the molecule is CC(C)CN(CC(C)C)C(=O)CC1CSc2nc3c(cnn3-c3ccccc3)c(=O)n21. The summed E-state index contributed by atoms with van der Waals surface area (Å²) in [4.78, 5) is 33.1. The summed E-state index contributed by atoms with van der Waals surface area (Å²) in [6, 6.07) is 9.49. The Morgan fingerprint density at radius 1 is 1.16 bits per heavy atom. The number of carbonyl (C=O) groups excluding carboxylic acids is 1. The number of thioether (sulfide) groups is 1. The van der Waals surface area contributed by atoms with Gasteiger partial charge in [-0.05, 0) is 24.0 Å². The van der Waals surface area contributed by atoms with Crippen molar-refractivity contribution in [3.8, 4) is 5.69 Å². The monoisotopic (exact) mass is 439 g/mol. The molecule has 1 atom stereocenters. The van der Waals surface area contributed by atoms with E-state index in [1.807, 2.05) is 35.2 Å². The van der Waals surface area contributed by atoms with Crippen LogP contribution in [-0.4, -0.2) is 49.0 Å². The highest BCUT2D eigenvalue weighted by Crippen LogP contribution is 2.34. The first-order chi connectivity index (χ1) is 14.8. The predicted molar refractivity (Wildman–Crippen MR) is 124 cm³/mol. The van der Waals surface area contributed by atoms with Crippen molar-refractivity contribution in [2.45, 2.75) is 45.3 Å². The minimum atomic E-state index is -0.182. The minimum absolute atomic E-state index is 0.104. The van der Waals surface area contributed by atoms with Gasteiger partial charge in [-0.2, -0.15) is 5.10 Å². The lowest BCUT2D eigenvalue weighted by molar-refractivity contribution is -0.133. The van der Waals surface area contributed by atoms with E-state index in [1.165, 1.54) is 11.8 Å². The highest BCUT2D eigenvalue weighted by atomic mass is 32.2. The zero-order valence-corrected chi connectivity index (χ0v) is 19.3. The molecule has 1 aliphatic heterocycles. The quantitative estimate of drug-likeness (QED) is 0.524. The van der Waals surface area contributed by atoms with Gasteiger partial charge in [0.2, 0.25) is 5.91 Å². The third-order valence-corrected chi connectivity index (χ3v) is 6.40. The summed E-state index contributed by atoms with van der Waals surface area (Å²) in [6.07, 6.45) is 1.90. The summed E-state index contributed by atoms with van der Waals surface area (Å²) in [6.45, 7) is 9.96. The van der Waals surface area contributed by atoms with Gasteiger partial charge in [0.15, 0.2) is 10.8 Å². The second-order valence-corrected chi connectivity index (χ2v) is 9.94. The van der Waals surface area contributed by atoms with Crippen LogP contribution in [0.15, 0.2) is 46.5 Å². The smallest absolute Gasteiger partial charge is 0.265 e. The highest BCUT2D eigenvalue weighted by molar-refractivity contribution is 7.99. The summed E-state index contributed by atoms with van der Waals surface area (Å²) in [7, 11) is 0. The number of hydrogen-bond donors (Lipinski definition) is 0. The number of para-hydroxylation sites is 1. The molecule has 0 N–H and O–H groups in total. The molecule has 3 aromatic rings. The summed E-state index contributed by atoms with van der Waals surface area (Å²) in [5, 5.41) is 5.54. The average molecular weight is 440 g/mol. The molecule has 0 saturated heterocycles. The van der Waals surface area contributed by atoms with E-state index >= 15 is 0 Å². The van der Waals surface area contributed by atoms with Crippen molar-refractivity contribution >= 4 is 28.7 Å². The standard InChI is InChI=1S/C23H29N5O2S/c1-15(2)12-26(13-16(3)4)20(29)10-18-14-31-23-25-21-19(22(30)27(18)23)11-24-28(21)17-8-6-5-7-9-17/h5-9,11,15-16,18H,10,12-14H2,1-4H3. The molecule has 1 aliphatic rings. The summed E-state index contributed by atoms with van der Waals surface area (Å²) in [5.41, 5.74) is 1.30. The fourth-order valence-electron chi connectivity index (χ4n) is 4.03. The number of aromatic nitrogens is 4. The maximum atomic E-state index is 13.3. The molecule has 1 unspecified atom stereocenters. The second kappa shape index (κ2) is 8.86. The lowest BCUT2D eigenvalue weighted by atomic mass is 10.1. The van der Waals surface area contributed by atoms with Gasteiger partial charge in [0.1, 0.15) is 5.39 Å². The van der Waals surface area contributed by atoms with Gasteiger partial charge in [-0.3, -0.25) is 14.2 Å². The fourth-order valence-corrected chi connectivity index (χ4v) is 5.16. The van der Waals surface area contributed by atoms with Gasteiger partial charge in [-0.15, -0.1) is 0 Å². The van der Waals surface area contributed by atoms with Gasteiger partial charge in [-0.1, -0.05) is 57.7 Å². The molecule has 1 aromatic carbocycles. The Morgan fingerprint density at radius 2 is 1.84 bits per heavy atom. The van der Waals surface area contributed by atoms with Gasteiger partial charge in [0, 0.05) is 25.3 Å². The van der Waals surface area contributed by atoms with Crippen LogP contribution in [0.5, 0.6) is 0 Å². The maximum Gasteiger partial charge on any atom is 0.265 e. The highest BCUT2D eigenvalue weighted by Gasteiger charge is 2.31. The first-order valence-corrected chi connectivity index (χ1v) is 11.8. The molecule has 3 heterocycles. The second-order valence-electron chi connectivity index (χ2n) is 8.95. The van der Waals surface area contributed by atoms with E-state index in [-0.39, 0.29) is 17.5 Å². The van der Waals surface area contributed by atoms with E-state index in [1.54, 1.807) is 15.4 Å². The van der Waals surface area contributed by atoms with Crippen LogP contribution in [0.4, 0.5) is 0 Å². The lowest BCUT2D eigenvalue weighted by Gasteiger charge is -2.27. The van der Waals surface area contributed by atoms with Crippen molar-refractivity contribution in [1.29, 1.82) is 0 Å². The molecule has 0 radical (unpaired) electrons. The largest absolute Gasteiger partial charge is 0.342 e. The molecule has 7 nitrogen and oxygen atoms in total. The summed E-state index contributed by atoms with van der Waals surface area (Å²) in [5.74, 6) is 1.59. The minimum Gasteiger partial charge on any atom is -0.342 e. The number of hydrogen-bond acceptors (Lipinski definition) is 5. The first kappa shape index (κ1) is 21.6. The van der Waals surface area contributed by atoms with E-state index < -0.39 is 0 Å². The summed E-state index contributed by atoms with van der Waals surface area (Å²) >= 11 is 1.53. The van der Waals surface area contributed by atoms with Gasteiger partial charge < -0.3 is 4.90 Å². The summed E-state index contributed by atoms with van der Waals surface area (Å²) < 4.78 is 3.40.